The van der Waals surface area contributed by atoms with E-state index >= 15 is 0 Å². The Hall–Kier alpha value is -4.41. The van der Waals surface area contributed by atoms with Crippen molar-refractivity contribution in [1.82, 2.24) is 14.2 Å². The third-order valence-electron chi connectivity index (χ3n) is 9.09. The maximum absolute atomic E-state index is 13.6. The van der Waals surface area contributed by atoms with Gasteiger partial charge in [0.25, 0.3) is 15.9 Å². The number of rotatable bonds is 7. The van der Waals surface area contributed by atoms with E-state index in [4.69, 9.17) is 9.15 Å². The summed E-state index contributed by atoms with van der Waals surface area (Å²) in [4.78, 5) is 29.0. The molecule has 7 rings (SSSR count). The van der Waals surface area contributed by atoms with Crippen LogP contribution in [0.5, 0.6) is 0 Å². The first-order chi connectivity index (χ1) is 21.9. The van der Waals surface area contributed by atoms with Gasteiger partial charge in [-0.15, -0.1) is 0 Å². The van der Waals surface area contributed by atoms with Gasteiger partial charge in [0, 0.05) is 29.6 Å². The van der Waals surface area contributed by atoms with E-state index in [1.54, 1.807) is 36.8 Å². The molecule has 1 saturated heterocycles. The molecule has 2 fully saturated rings. The molecule has 1 aliphatic heterocycles. The second kappa shape index (κ2) is 12.2. The Morgan fingerprint density at radius 2 is 1.67 bits per heavy atom. The van der Waals surface area contributed by atoms with Crippen LogP contribution >= 0.6 is 0 Å². The van der Waals surface area contributed by atoms with Gasteiger partial charge < -0.3 is 18.6 Å². The van der Waals surface area contributed by atoms with Crippen molar-refractivity contribution in [2.24, 2.45) is 0 Å². The molecule has 2 aliphatic rings. The summed E-state index contributed by atoms with van der Waals surface area (Å²) < 4.78 is 41.9. The number of hydrogen-bond donors (Lipinski definition) is 1. The van der Waals surface area contributed by atoms with Crippen LogP contribution in [0.2, 0.25) is 0 Å². The quantitative estimate of drug-likeness (QED) is 0.235. The molecule has 0 atom stereocenters. The molecule has 45 heavy (non-hydrogen) atoms. The zero-order valence-electron chi connectivity index (χ0n) is 24.9. The molecule has 0 bridgehead atoms. The van der Waals surface area contributed by atoms with Crippen LogP contribution in [0, 0.1) is 0 Å². The molecule has 10 heteroatoms. The lowest BCUT2D eigenvalue weighted by Gasteiger charge is -2.27. The maximum atomic E-state index is 13.6. The number of sulfonamides is 1. The molecule has 9 nitrogen and oxygen atoms in total. The van der Waals surface area contributed by atoms with Crippen LogP contribution in [-0.2, 0) is 26.1 Å². The van der Waals surface area contributed by atoms with E-state index in [1.165, 1.54) is 12.5 Å². The highest BCUT2D eigenvalue weighted by molar-refractivity contribution is 7.90. The maximum Gasteiger partial charge on any atom is 0.265 e. The zero-order valence-corrected chi connectivity index (χ0v) is 25.7. The van der Waals surface area contributed by atoms with E-state index in [0.717, 1.165) is 58.7 Å². The van der Waals surface area contributed by atoms with Crippen LogP contribution in [0.15, 0.2) is 88.6 Å². The fraction of sp³-hybridized carbons (Fsp3) is 0.314. The number of benzene rings is 3. The Bertz CT molecular complexity index is 1980. The van der Waals surface area contributed by atoms with Gasteiger partial charge in [-0.1, -0.05) is 55.7 Å². The van der Waals surface area contributed by atoms with Crippen LogP contribution in [0.1, 0.15) is 53.9 Å². The van der Waals surface area contributed by atoms with Crippen LogP contribution in [0.4, 0.5) is 0 Å². The molecular formula is C35H35N3O6S. The molecule has 3 aromatic carbocycles. The van der Waals surface area contributed by atoms with Gasteiger partial charge in [-0.25, -0.2) is 13.1 Å². The van der Waals surface area contributed by atoms with Gasteiger partial charge in [0.05, 0.1) is 41.8 Å². The standard InChI is InChI=1S/C35H35N3O6S/c39-32(37-15-18-43-19-16-37)22-38-31-21-27(35(40)36-45(41,42)29-12-10-24-6-4-5-9-26(24)20-29)11-13-30(31)33(25-7-2-1-3-8-25)34(38)28-14-17-44-23-28/h4-6,9-14,17,20-21,23,25H,1-3,7-8,15-16,18-19,22H2,(H,36,40). The van der Waals surface area contributed by atoms with Crippen molar-refractivity contribution < 1.29 is 27.2 Å². The predicted octanol–water partition coefficient (Wildman–Crippen LogP) is 6.08. The third-order valence-corrected chi connectivity index (χ3v) is 10.4. The summed E-state index contributed by atoms with van der Waals surface area (Å²) in [7, 11) is -4.14. The Morgan fingerprint density at radius 1 is 0.889 bits per heavy atom. The highest BCUT2D eigenvalue weighted by Gasteiger charge is 2.30. The molecular weight excluding hydrogens is 590 g/mol. The molecule has 0 unspecified atom stereocenters. The van der Waals surface area contributed by atoms with E-state index < -0.39 is 15.9 Å². The number of nitrogens with one attached hydrogen (secondary N) is 1. The summed E-state index contributed by atoms with van der Waals surface area (Å²) in [5.41, 5.74) is 3.83. The number of carbonyl (C=O) groups is 2. The molecule has 232 valence electrons. The SMILES string of the molecule is O=C(NS(=O)(=O)c1ccc2ccccc2c1)c1ccc2c(C3CCCCC3)c(-c3ccoc3)n(CC(=O)N3CCOCC3)c2c1. The van der Waals surface area contributed by atoms with E-state index in [-0.39, 0.29) is 22.9 Å². The first-order valence-corrected chi connectivity index (χ1v) is 17.0. The molecule has 3 heterocycles. The zero-order chi connectivity index (χ0) is 31.0. The Balaban J connectivity index is 1.30. The third kappa shape index (κ3) is 5.76. The van der Waals surface area contributed by atoms with Gasteiger partial charge in [0.2, 0.25) is 5.91 Å². The highest BCUT2D eigenvalue weighted by Crippen LogP contribution is 2.44. The average Bonchev–Trinajstić information content (AvgIpc) is 3.71. The molecule has 1 N–H and O–H groups in total. The highest BCUT2D eigenvalue weighted by atomic mass is 32.2. The number of nitrogens with zero attached hydrogens (tertiary/aromatic N) is 2. The second-order valence-electron chi connectivity index (χ2n) is 11.9. The van der Waals surface area contributed by atoms with Gasteiger partial charge in [-0.05, 0) is 65.4 Å². The number of aromatic nitrogens is 1. The summed E-state index contributed by atoms with van der Waals surface area (Å²) in [6.45, 7) is 2.11. The van der Waals surface area contributed by atoms with E-state index in [0.29, 0.717) is 37.7 Å². The van der Waals surface area contributed by atoms with Gasteiger partial charge in [0.1, 0.15) is 6.54 Å². The van der Waals surface area contributed by atoms with Gasteiger partial charge >= 0.3 is 0 Å². The Labute approximate surface area is 261 Å². The second-order valence-corrected chi connectivity index (χ2v) is 13.5. The normalized spacial score (nSPS) is 16.3. The van der Waals surface area contributed by atoms with Gasteiger partial charge in [-0.3, -0.25) is 9.59 Å². The van der Waals surface area contributed by atoms with Gasteiger partial charge in [-0.2, -0.15) is 0 Å². The number of ether oxygens (including phenoxy) is 1. The molecule has 0 radical (unpaired) electrons. The van der Waals surface area contributed by atoms with Crippen LogP contribution < -0.4 is 4.72 Å². The summed E-state index contributed by atoms with van der Waals surface area (Å²) in [5, 5.41) is 2.63. The lowest BCUT2D eigenvalue weighted by Crippen LogP contribution is -2.42. The number of hydrogen-bond acceptors (Lipinski definition) is 6. The smallest absolute Gasteiger partial charge is 0.265 e. The minimum Gasteiger partial charge on any atom is -0.472 e. The first kappa shape index (κ1) is 29.3. The van der Waals surface area contributed by atoms with Crippen LogP contribution in [-0.4, -0.2) is 56.0 Å². The van der Waals surface area contributed by atoms with Crippen LogP contribution in [0.3, 0.4) is 0 Å². The van der Waals surface area contributed by atoms with Gasteiger partial charge in [0.15, 0.2) is 0 Å². The average molecular weight is 626 g/mol. The molecule has 2 amide bonds. The topological polar surface area (TPSA) is 111 Å². The van der Waals surface area contributed by atoms with E-state index in [1.807, 2.05) is 45.9 Å². The van der Waals surface area contributed by atoms with Crippen molar-refractivity contribution in [3.8, 4) is 11.3 Å². The number of carbonyl (C=O) groups excluding carboxylic acids is 2. The van der Waals surface area contributed by atoms with Crippen molar-refractivity contribution in [3.63, 3.8) is 0 Å². The summed E-state index contributed by atoms with van der Waals surface area (Å²) in [6.07, 6.45) is 8.84. The fourth-order valence-electron chi connectivity index (χ4n) is 6.82. The van der Waals surface area contributed by atoms with Crippen molar-refractivity contribution in [1.29, 1.82) is 0 Å². The number of furan rings is 1. The summed E-state index contributed by atoms with van der Waals surface area (Å²) >= 11 is 0. The Kier molecular flexibility index (Phi) is 7.93. The minimum absolute atomic E-state index is 0.0111. The number of fused-ring (bicyclic) bond motifs is 2. The lowest BCUT2D eigenvalue weighted by atomic mass is 9.82. The largest absolute Gasteiger partial charge is 0.472 e. The number of morpholine rings is 1. The molecule has 0 spiro atoms. The minimum atomic E-state index is -4.14. The monoisotopic (exact) mass is 625 g/mol. The van der Waals surface area contributed by atoms with Crippen LogP contribution in [0.25, 0.3) is 32.9 Å². The molecule has 2 aromatic heterocycles. The molecule has 1 saturated carbocycles. The van der Waals surface area contributed by atoms with Crippen molar-refractivity contribution in [2.45, 2.75) is 49.5 Å². The summed E-state index contributed by atoms with van der Waals surface area (Å²) in [6, 6.07) is 19.4. The predicted molar refractivity (Wildman–Crippen MR) is 171 cm³/mol. The van der Waals surface area contributed by atoms with E-state index in [2.05, 4.69) is 4.72 Å². The number of amides is 2. The van der Waals surface area contributed by atoms with Crippen molar-refractivity contribution >= 4 is 43.5 Å². The molecule has 1 aliphatic carbocycles. The first-order valence-electron chi connectivity index (χ1n) is 15.5. The van der Waals surface area contributed by atoms with Crippen molar-refractivity contribution in [2.75, 3.05) is 26.3 Å². The Morgan fingerprint density at radius 3 is 2.42 bits per heavy atom. The summed E-state index contributed by atoms with van der Waals surface area (Å²) in [5.74, 6) is -0.482. The molecule has 5 aromatic rings. The van der Waals surface area contributed by atoms with Crippen molar-refractivity contribution in [3.05, 3.63) is 90.4 Å². The van der Waals surface area contributed by atoms with E-state index in [9.17, 15) is 18.0 Å². The fourth-order valence-corrected chi connectivity index (χ4v) is 7.83. The lowest BCUT2D eigenvalue weighted by molar-refractivity contribution is -0.135.